The van der Waals surface area contributed by atoms with E-state index in [1.807, 2.05) is 26.8 Å². The van der Waals surface area contributed by atoms with Gasteiger partial charge in [0.15, 0.2) is 0 Å². The Morgan fingerprint density at radius 3 is 2.62 bits per heavy atom. The first kappa shape index (κ1) is 15.7. The van der Waals surface area contributed by atoms with Crippen LogP contribution in [0, 0.1) is 0 Å². The molecule has 1 amide bonds. The first-order valence-electron chi connectivity index (χ1n) is 7.71. The maximum Gasteiger partial charge on any atom is 0.410 e. The van der Waals surface area contributed by atoms with E-state index < -0.39 is 5.60 Å². The first-order valence-corrected chi connectivity index (χ1v) is 7.71. The molecule has 1 aromatic rings. The lowest BCUT2D eigenvalue weighted by Crippen LogP contribution is -2.58. The van der Waals surface area contributed by atoms with Gasteiger partial charge in [0.1, 0.15) is 5.60 Å². The zero-order chi connectivity index (χ0) is 15.5. The molecular weight excluding hydrogens is 264 g/mol. The van der Waals surface area contributed by atoms with Gasteiger partial charge in [0.2, 0.25) is 0 Å². The number of aryl methyl sites for hydroxylation is 1. The number of carbonyl (C=O) groups is 1. The fourth-order valence-electron chi connectivity index (χ4n) is 2.41. The van der Waals surface area contributed by atoms with Gasteiger partial charge in [-0.2, -0.15) is 0 Å². The number of benzene rings is 1. The highest BCUT2D eigenvalue weighted by Crippen LogP contribution is 2.22. The highest BCUT2D eigenvalue weighted by molar-refractivity contribution is 5.70. The van der Waals surface area contributed by atoms with Gasteiger partial charge >= 0.3 is 6.09 Å². The molecule has 0 aromatic heterocycles. The van der Waals surface area contributed by atoms with Gasteiger partial charge in [0.05, 0.1) is 6.04 Å². The Kier molecular flexibility index (Phi) is 4.76. The minimum Gasteiger partial charge on any atom is -0.444 e. The number of nitrogens with one attached hydrogen (secondary N) is 1. The summed E-state index contributed by atoms with van der Waals surface area (Å²) in [7, 11) is 0. The van der Waals surface area contributed by atoms with Crippen molar-refractivity contribution in [1.29, 1.82) is 0 Å². The van der Waals surface area contributed by atoms with Gasteiger partial charge in [-0.15, -0.1) is 0 Å². The van der Waals surface area contributed by atoms with Crippen LogP contribution in [0.5, 0.6) is 0 Å². The number of rotatable bonds is 4. The van der Waals surface area contributed by atoms with Crippen molar-refractivity contribution in [1.82, 2.24) is 4.90 Å². The van der Waals surface area contributed by atoms with Crippen molar-refractivity contribution in [3.05, 3.63) is 29.8 Å². The van der Waals surface area contributed by atoms with E-state index in [1.165, 1.54) is 11.3 Å². The Balaban J connectivity index is 1.84. The molecule has 116 valence electrons. The largest absolute Gasteiger partial charge is 0.444 e. The van der Waals surface area contributed by atoms with Gasteiger partial charge in [0.25, 0.3) is 0 Å². The third-order valence-electron chi connectivity index (χ3n) is 3.43. The lowest BCUT2D eigenvalue weighted by atomic mass is 10.1. The monoisotopic (exact) mass is 290 g/mol. The summed E-state index contributed by atoms with van der Waals surface area (Å²) >= 11 is 0. The maximum atomic E-state index is 11.9. The molecule has 2 rings (SSSR count). The molecule has 1 aliphatic rings. The lowest BCUT2D eigenvalue weighted by Gasteiger charge is -2.40. The Labute approximate surface area is 127 Å². The van der Waals surface area contributed by atoms with E-state index in [2.05, 4.69) is 30.4 Å². The van der Waals surface area contributed by atoms with Gasteiger partial charge in [-0.05, 0) is 38.8 Å². The van der Waals surface area contributed by atoms with Crippen molar-refractivity contribution in [2.24, 2.45) is 0 Å². The summed E-state index contributed by atoms with van der Waals surface area (Å²) in [6.07, 6.45) is 1.99. The molecule has 4 heteroatoms. The van der Waals surface area contributed by atoms with Crippen LogP contribution in [0.25, 0.3) is 0 Å². The molecule has 0 unspecified atom stereocenters. The molecule has 0 spiro atoms. The molecule has 1 N–H and O–H groups in total. The molecule has 1 heterocycles. The van der Waals surface area contributed by atoms with Crippen LogP contribution >= 0.6 is 0 Å². The summed E-state index contributed by atoms with van der Waals surface area (Å²) in [5.41, 5.74) is 2.10. The van der Waals surface area contributed by atoms with E-state index in [1.54, 1.807) is 4.90 Å². The van der Waals surface area contributed by atoms with Gasteiger partial charge in [-0.25, -0.2) is 4.79 Å². The second-order valence-electron chi connectivity index (χ2n) is 6.63. The second kappa shape index (κ2) is 6.37. The van der Waals surface area contributed by atoms with E-state index in [4.69, 9.17) is 4.74 Å². The van der Waals surface area contributed by atoms with E-state index in [-0.39, 0.29) is 6.09 Å². The summed E-state index contributed by atoms with van der Waals surface area (Å²) in [6.45, 7) is 9.26. The van der Waals surface area contributed by atoms with Crippen LogP contribution in [0.1, 0.15) is 39.7 Å². The number of nitrogens with zero attached hydrogens (tertiary/aromatic N) is 1. The van der Waals surface area contributed by atoms with Gasteiger partial charge in [-0.3, -0.25) is 0 Å². The molecule has 21 heavy (non-hydrogen) atoms. The highest BCUT2D eigenvalue weighted by Gasteiger charge is 2.33. The van der Waals surface area contributed by atoms with Crippen LogP contribution in [-0.2, 0) is 11.2 Å². The summed E-state index contributed by atoms with van der Waals surface area (Å²) < 4.78 is 5.36. The Morgan fingerprint density at radius 2 is 2.00 bits per heavy atom. The molecule has 0 aliphatic carbocycles. The predicted molar refractivity (Wildman–Crippen MR) is 85.7 cm³/mol. The normalized spacial score (nSPS) is 15.5. The molecule has 0 bridgehead atoms. The second-order valence-corrected chi connectivity index (χ2v) is 6.63. The molecule has 1 fully saturated rings. The number of likely N-dealkylation sites (tertiary alicyclic amines) is 1. The fraction of sp³-hybridized carbons (Fsp3) is 0.588. The third-order valence-corrected chi connectivity index (χ3v) is 3.43. The van der Waals surface area contributed by atoms with Crippen LogP contribution in [0.4, 0.5) is 10.5 Å². The minimum absolute atomic E-state index is 0.220. The van der Waals surface area contributed by atoms with Crippen molar-refractivity contribution in [3.8, 4) is 0 Å². The summed E-state index contributed by atoms with van der Waals surface area (Å²) in [5.74, 6) is 0. The highest BCUT2D eigenvalue weighted by atomic mass is 16.6. The molecule has 1 saturated heterocycles. The molecular formula is C17H26N2O2. The van der Waals surface area contributed by atoms with E-state index in [9.17, 15) is 4.79 Å². The van der Waals surface area contributed by atoms with Crippen molar-refractivity contribution in [2.45, 2.75) is 52.2 Å². The fourth-order valence-corrected chi connectivity index (χ4v) is 2.41. The van der Waals surface area contributed by atoms with Crippen molar-refractivity contribution in [3.63, 3.8) is 0 Å². The SMILES string of the molecule is CCCc1ccccc1NC1CN(C(=O)OC(C)(C)C)C1. The zero-order valence-electron chi connectivity index (χ0n) is 13.5. The minimum atomic E-state index is -0.427. The Morgan fingerprint density at radius 1 is 1.33 bits per heavy atom. The molecule has 1 aromatic carbocycles. The number of hydrogen-bond acceptors (Lipinski definition) is 3. The van der Waals surface area contributed by atoms with Crippen LogP contribution < -0.4 is 5.32 Å². The number of anilines is 1. The van der Waals surface area contributed by atoms with Crippen molar-refractivity contribution in [2.75, 3.05) is 18.4 Å². The van der Waals surface area contributed by atoms with Gasteiger partial charge < -0.3 is 15.0 Å². The summed E-state index contributed by atoms with van der Waals surface area (Å²) in [4.78, 5) is 13.6. The molecule has 0 saturated carbocycles. The predicted octanol–water partition coefficient (Wildman–Crippen LogP) is 3.67. The zero-order valence-corrected chi connectivity index (χ0v) is 13.5. The molecule has 4 nitrogen and oxygen atoms in total. The first-order chi connectivity index (χ1) is 9.89. The molecule has 1 aliphatic heterocycles. The maximum absolute atomic E-state index is 11.9. The van der Waals surface area contributed by atoms with Crippen LogP contribution in [-0.4, -0.2) is 35.7 Å². The number of amides is 1. The summed E-state index contributed by atoms with van der Waals surface area (Å²) in [5, 5.41) is 3.53. The molecule has 0 atom stereocenters. The van der Waals surface area contributed by atoms with Crippen molar-refractivity contribution < 1.29 is 9.53 Å². The molecule has 0 radical (unpaired) electrons. The van der Waals surface area contributed by atoms with Crippen LogP contribution in [0.3, 0.4) is 0 Å². The van der Waals surface area contributed by atoms with Crippen LogP contribution in [0.15, 0.2) is 24.3 Å². The topological polar surface area (TPSA) is 41.6 Å². The van der Waals surface area contributed by atoms with E-state index in [0.29, 0.717) is 19.1 Å². The van der Waals surface area contributed by atoms with Gasteiger partial charge in [-0.1, -0.05) is 31.5 Å². The smallest absolute Gasteiger partial charge is 0.410 e. The summed E-state index contributed by atoms with van der Waals surface area (Å²) in [6, 6.07) is 8.71. The number of para-hydroxylation sites is 1. The quantitative estimate of drug-likeness (QED) is 0.920. The number of ether oxygens (including phenoxy) is 1. The Hall–Kier alpha value is -1.71. The van der Waals surface area contributed by atoms with Crippen LogP contribution in [0.2, 0.25) is 0 Å². The average Bonchev–Trinajstić information content (AvgIpc) is 2.33. The number of hydrogen-bond donors (Lipinski definition) is 1. The number of carbonyl (C=O) groups excluding carboxylic acids is 1. The van der Waals surface area contributed by atoms with E-state index in [0.717, 1.165) is 12.8 Å². The van der Waals surface area contributed by atoms with E-state index >= 15 is 0 Å². The standard InChI is InChI=1S/C17H26N2O2/c1-5-8-13-9-6-7-10-15(13)18-14-11-19(12-14)16(20)21-17(2,3)4/h6-7,9-10,14,18H,5,8,11-12H2,1-4H3. The Bertz CT molecular complexity index is 488. The average molecular weight is 290 g/mol. The third kappa shape index (κ3) is 4.38. The van der Waals surface area contributed by atoms with Crippen molar-refractivity contribution >= 4 is 11.8 Å². The van der Waals surface area contributed by atoms with Gasteiger partial charge in [0, 0.05) is 18.8 Å². The lowest BCUT2D eigenvalue weighted by molar-refractivity contribution is 0.0105.